The van der Waals surface area contributed by atoms with Crippen molar-refractivity contribution in [2.75, 3.05) is 19.6 Å². The molecule has 3 atom stereocenters. The average molecular weight is 397 g/mol. The fourth-order valence-corrected chi connectivity index (χ4v) is 4.28. The number of aliphatic carboxylic acids is 1. The number of hydrogen-bond acceptors (Lipinski definition) is 5. The van der Waals surface area contributed by atoms with Crippen LogP contribution in [-0.2, 0) is 11.4 Å². The number of carboxylic acid groups (broad SMARTS) is 1. The van der Waals surface area contributed by atoms with E-state index in [4.69, 9.17) is 9.90 Å². The van der Waals surface area contributed by atoms with Gasteiger partial charge in [0, 0.05) is 38.7 Å². The first-order chi connectivity index (χ1) is 13.9. The lowest BCUT2D eigenvalue weighted by molar-refractivity contribution is -0.134. The molecule has 2 aromatic rings. The molecule has 3 N–H and O–H groups in total. The van der Waals surface area contributed by atoms with Crippen molar-refractivity contribution in [1.29, 1.82) is 0 Å². The van der Waals surface area contributed by atoms with Crippen molar-refractivity contribution in [2.45, 2.75) is 26.5 Å². The van der Waals surface area contributed by atoms with Gasteiger partial charge in [-0.3, -0.25) is 14.6 Å². The molecule has 4 rings (SSSR count). The minimum absolute atomic E-state index is 0.0436. The third kappa shape index (κ3) is 4.63. The third-order valence-electron chi connectivity index (χ3n) is 5.56. The Labute approximate surface area is 170 Å². The molecule has 0 saturated carbocycles. The van der Waals surface area contributed by atoms with Crippen molar-refractivity contribution < 1.29 is 19.8 Å². The summed E-state index contributed by atoms with van der Waals surface area (Å²) in [5.74, 6) is 0.0404. The number of hydrogen-bond donors (Lipinski definition) is 3. The number of likely N-dealkylation sites (tertiary alicyclic amines) is 1. The summed E-state index contributed by atoms with van der Waals surface area (Å²) in [4.78, 5) is 28.4. The maximum atomic E-state index is 13.2. The smallest absolute Gasteiger partial charge is 0.300 e. The summed E-state index contributed by atoms with van der Waals surface area (Å²) in [6, 6.07) is 11.8. The molecule has 2 fully saturated rings. The monoisotopic (exact) mass is 397 g/mol. The van der Waals surface area contributed by atoms with Gasteiger partial charge in [-0.1, -0.05) is 24.3 Å². The Bertz CT molecular complexity index is 882. The zero-order valence-corrected chi connectivity index (χ0v) is 16.7. The van der Waals surface area contributed by atoms with Gasteiger partial charge in [-0.2, -0.15) is 0 Å². The molecule has 0 aliphatic carbocycles. The number of benzene rings is 1. The molecule has 7 nitrogen and oxygen atoms in total. The quantitative estimate of drug-likeness (QED) is 0.732. The SMILES string of the molecule is CC(=O)O.Cc1ccccc1[C@H]1[C@H]2CNC[C@H]2CN1C(=O)c1cc(CO)ccn1. The van der Waals surface area contributed by atoms with Crippen LogP contribution in [0.1, 0.15) is 40.1 Å². The van der Waals surface area contributed by atoms with E-state index in [1.807, 2.05) is 17.0 Å². The molecule has 7 heteroatoms. The van der Waals surface area contributed by atoms with E-state index in [1.54, 1.807) is 18.3 Å². The van der Waals surface area contributed by atoms with Crippen molar-refractivity contribution in [2.24, 2.45) is 11.8 Å². The van der Waals surface area contributed by atoms with Crippen LogP contribution in [0.25, 0.3) is 0 Å². The number of carbonyl (C=O) groups is 2. The summed E-state index contributed by atoms with van der Waals surface area (Å²) >= 11 is 0. The van der Waals surface area contributed by atoms with Crippen molar-refractivity contribution in [1.82, 2.24) is 15.2 Å². The Hall–Kier alpha value is -2.77. The molecule has 0 bridgehead atoms. The standard InChI is InChI=1S/C20H23N3O2.C2H4O2/c1-13-4-2-3-5-16(13)19-17-10-21-9-15(17)11-23(19)20(25)18-8-14(12-24)6-7-22-18;1-2(3)4/h2-8,15,17,19,21,24H,9-12H2,1H3;1H3,(H,3,4)/t15-,17-,19-;/m0./s1. The van der Waals surface area contributed by atoms with E-state index in [-0.39, 0.29) is 18.6 Å². The first-order valence-electron chi connectivity index (χ1n) is 9.75. The number of nitrogens with zero attached hydrogens (tertiary/aromatic N) is 2. The van der Waals surface area contributed by atoms with Gasteiger partial charge < -0.3 is 20.4 Å². The van der Waals surface area contributed by atoms with Gasteiger partial charge in [-0.25, -0.2) is 0 Å². The van der Waals surface area contributed by atoms with E-state index >= 15 is 0 Å². The lowest BCUT2D eigenvalue weighted by atomic mass is 9.87. The highest BCUT2D eigenvalue weighted by Gasteiger charge is 2.47. The van der Waals surface area contributed by atoms with E-state index in [0.717, 1.165) is 26.6 Å². The van der Waals surface area contributed by atoms with Gasteiger partial charge in [0.2, 0.25) is 0 Å². The molecule has 2 saturated heterocycles. The van der Waals surface area contributed by atoms with Crippen LogP contribution in [0, 0.1) is 18.8 Å². The second kappa shape index (κ2) is 9.15. The molecular weight excluding hydrogens is 370 g/mol. The molecule has 1 aromatic heterocycles. The Morgan fingerprint density at radius 1 is 1.24 bits per heavy atom. The third-order valence-corrected chi connectivity index (χ3v) is 5.56. The number of aromatic nitrogens is 1. The molecule has 3 heterocycles. The van der Waals surface area contributed by atoms with Gasteiger partial charge in [0.25, 0.3) is 11.9 Å². The number of amides is 1. The van der Waals surface area contributed by atoms with Crippen molar-refractivity contribution in [3.05, 3.63) is 65.0 Å². The van der Waals surface area contributed by atoms with E-state index < -0.39 is 5.97 Å². The molecule has 1 amide bonds. The van der Waals surface area contributed by atoms with E-state index in [2.05, 4.69) is 29.4 Å². The van der Waals surface area contributed by atoms with Crippen LogP contribution in [0.2, 0.25) is 0 Å². The number of aliphatic hydroxyl groups excluding tert-OH is 1. The number of pyridine rings is 1. The van der Waals surface area contributed by atoms with Crippen LogP contribution >= 0.6 is 0 Å². The first kappa shape index (κ1) is 21.0. The summed E-state index contributed by atoms with van der Waals surface area (Å²) < 4.78 is 0. The molecular formula is C22H27N3O4. The zero-order valence-electron chi connectivity index (χ0n) is 16.7. The van der Waals surface area contributed by atoms with Crippen LogP contribution in [0.4, 0.5) is 0 Å². The minimum atomic E-state index is -0.833. The Morgan fingerprint density at radius 3 is 2.66 bits per heavy atom. The molecule has 0 spiro atoms. The number of fused-ring (bicyclic) bond motifs is 1. The number of carbonyl (C=O) groups excluding carboxylic acids is 1. The van der Waals surface area contributed by atoms with E-state index in [9.17, 15) is 9.90 Å². The van der Waals surface area contributed by atoms with Gasteiger partial charge >= 0.3 is 0 Å². The number of carboxylic acids is 1. The van der Waals surface area contributed by atoms with Gasteiger partial charge in [0.15, 0.2) is 0 Å². The Kier molecular flexibility index (Phi) is 6.61. The van der Waals surface area contributed by atoms with E-state index in [1.165, 1.54) is 11.1 Å². The highest BCUT2D eigenvalue weighted by atomic mass is 16.4. The molecule has 0 unspecified atom stereocenters. The summed E-state index contributed by atoms with van der Waals surface area (Å²) in [5, 5.41) is 20.2. The van der Waals surface area contributed by atoms with Crippen molar-refractivity contribution >= 4 is 11.9 Å². The van der Waals surface area contributed by atoms with Gasteiger partial charge in [0.05, 0.1) is 12.6 Å². The summed E-state index contributed by atoms with van der Waals surface area (Å²) in [6.07, 6.45) is 1.60. The van der Waals surface area contributed by atoms with Crippen LogP contribution in [-0.4, -0.2) is 51.6 Å². The van der Waals surface area contributed by atoms with Gasteiger partial charge in [0.1, 0.15) is 5.69 Å². The summed E-state index contributed by atoms with van der Waals surface area (Å²) in [6.45, 7) is 5.76. The number of rotatable bonds is 3. The fourth-order valence-electron chi connectivity index (χ4n) is 4.28. The number of aryl methyl sites for hydroxylation is 1. The van der Waals surface area contributed by atoms with Crippen LogP contribution < -0.4 is 5.32 Å². The zero-order chi connectivity index (χ0) is 21.0. The summed E-state index contributed by atoms with van der Waals surface area (Å²) in [7, 11) is 0. The number of nitrogens with one attached hydrogen (secondary N) is 1. The predicted molar refractivity (Wildman–Crippen MR) is 108 cm³/mol. The fraction of sp³-hybridized carbons (Fsp3) is 0.409. The van der Waals surface area contributed by atoms with Crippen molar-refractivity contribution in [3.8, 4) is 0 Å². The normalized spacial score (nSPS) is 22.6. The molecule has 1 aromatic carbocycles. The van der Waals surface area contributed by atoms with E-state index in [0.29, 0.717) is 23.1 Å². The molecule has 2 aliphatic rings. The molecule has 0 radical (unpaired) electrons. The lowest BCUT2D eigenvalue weighted by Gasteiger charge is -2.29. The second-order valence-corrected chi connectivity index (χ2v) is 7.57. The maximum Gasteiger partial charge on any atom is 0.300 e. The van der Waals surface area contributed by atoms with Gasteiger partial charge in [-0.05, 0) is 41.7 Å². The molecule has 154 valence electrons. The second-order valence-electron chi connectivity index (χ2n) is 7.57. The Balaban J connectivity index is 0.000000552. The summed E-state index contributed by atoms with van der Waals surface area (Å²) in [5.41, 5.74) is 3.57. The number of aliphatic hydroxyl groups is 1. The van der Waals surface area contributed by atoms with Crippen LogP contribution in [0.5, 0.6) is 0 Å². The van der Waals surface area contributed by atoms with Crippen LogP contribution in [0.15, 0.2) is 42.6 Å². The average Bonchev–Trinajstić information content (AvgIpc) is 3.29. The largest absolute Gasteiger partial charge is 0.481 e. The minimum Gasteiger partial charge on any atom is -0.481 e. The molecule has 2 aliphatic heterocycles. The maximum absolute atomic E-state index is 13.2. The topological polar surface area (TPSA) is 103 Å². The molecule has 29 heavy (non-hydrogen) atoms. The first-order valence-corrected chi connectivity index (χ1v) is 9.75. The highest BCUT2D eigenvalue weighted by Crippen LogP contribution is 2.44. The Morgan fingerprint density at radius 2 is 1.97 bits per heavy atom. The highest BCUT2D eigenvalue weighted by molar-refractivity contribution is 5.93. The van der Waals surface area contributed by atoms with Crippen molar-refractivity contribution in [3.63, 3.8) is 0 Å². The predicted octanol–water partition coefficient (Wildman–Crippen LogP) is 2.01. The lowest BCUT2D eigenvalue weighted by Crippen LogP contribution is -2.35. The van der Waals surface area contributed by atoms with Crippen LogP contribution in [0.3, 0.4) is 0 Å². The van der Waals surface area contributed by atoms with Gasteiger partial charge in [-0.15, -0.1) is 0 Å².